The highest BCUT2D eigenvalue weighted by Crippen LogP contribution is 2.24. The van der Waals surface area contributed by atoms with Crippen LogP contribution in [0.25, 0.3) is 0 Å². The Morgan fingerprint density at radius 1 is 1.38 bits per heavy atom. The van der Waals surface area contributed by atoms with Crippen molar-refractivity contribution in [1.82, 2.24) is 0 Å². The third-order valence-electron chi connectivity index (χ3n) is 3.99. The van der Waals surface area contributed by atoms with Gasteiger partial charge in [-0.05, 0) is 38.7 Å². The van der Waals surface area contributed by atoms with Crippen molar-refractivity contribution < 1.29 is 23.8 Å². The van der Waals surface area contributed by atoms with E-state index in [1.165, 1.54) is 0 Å². The maximum absolute atomic E-state index is 12.0. The fraction of sp³-hybridized carbons (Fsp3) is 0.684. The van der Waals surface area contributed by atoms with Gasteiger partial charge in [-0.1, -0.05) is 5.92 Å². The average Bonchev–Trinajstić information content (AvgIpc) is 2.91. The first kappa shape index (κ1) is 18.7. The van der Waals surface area contributed by atoms with Gasteiger partial charge in [0.05, 0.1) is 12.7 Å². The van der Waals surface area contributed by atoms with Crippen LogP contribution in [0.15, 0.2) is 11.6 Å². The molecule has 0 aromatic rings. The van der Waals surface area contributed by atoms with Gasteiger partial charge in [0.25, 0.3) is 0 Å². The molecule has 24 heavy (non-hydrogen) atoms. The summed E-state index contributed by atoms with van der Waals surface area (Å²) in [5.74, 6) is 5.95. The molecule has 132 valence electrons. The number of ketones is 1. The summed E-state index contributed by atoms with van der Waals surface area (Å²) in [7, 11) is 0. The molecule has 1 saturated heterocycles. The van der Waals surface area contributed by atoms with Crippen LogP contribution in [-0.2, 0) is 23.8 Å². The summed E-state index contributed by atoms with van der Waals surface area (Å²) >= 11 is 0. The molecule has 2 atom stereocenters. The van der Waals surface area contributed by atoms with Crippen LogP contribution in [-0.4, -0.2) is 37.4 Å². The zero-order valence-electron chi connectivity index (χ0n) is 14.3. The SMILES string of the molecule is CCOC(=O)CCCC#CCC1=C[C@H](OC2CCCCO2)CC1=O. The molecule has 1 aliphatic carbocycles. The van der Waals surface area contributed by atoms with Crippen LogP contribution in [0.2, 0.25) is 0 Å². The largest absolute Gasteiger partial charge is 0.466 e. The molecule has 5 nitrogen and oxygen atoms in total. The summed E-state index contributed by atoms with van der Waals surface area (Å²) < 4.78 is 16.2. The van der Waals surface area contributed by atoms with Gasteiger partial charge in [-0.25, -0.2) is 0 Å². The molecule has 2 aliphatic rings. The molecular weight excluding hydrogens is 308 g/mol. The van der Waals surface area contributed by atoms with E-state index >= 15 is 0 Å². The number of rotatable bonds is 7. The Morgan fingerprint density at radius 3 is 3.00 bits per heavy atom. The number of ether oxygens (including phenoxy) is 3. The van der Waals surface area contributed by atoms with Crippen molar-refractivity contribution in [3.63, 3.8) is 0 Å². The van der Waals surface area contributed by atoms with Gasteiger partial charge in [0, 0.05) is 37.9 Å². The molecular formula is C19H26O5. The maximum Gasteiger partial charge on any atom is 0.305 e. The van der Waals surface area contributed by atoms with Crippen LogP contribution in [0.4, 0.5) is 0 Å². The van der Waals surface area contributed by atoms with Gasteiger partial charge in [-0.3, -0.25) is 9.59 Å². The van der Waals surface area contributed by atoms with Crippen molar-refractivity contribution in [2.45, 2.75) is 70.7 Å². The highest BCUT2D eigenvalue weighted by molar-refractivity contribution is 5.98. The van der Waals surface area contributed by atoms with Crippen molar-refractivity contribution in [2.75, 3.05) is 13.2 Å². The molecule has 0 aromatic heterocycles. The highest BCUT2D eigenvalue weighted by atomic mass is 16.7. The topological polar surface area (TPSA) is 61.8 Å². The second kappa shape index (κ2) is 10.3. The Bertz CT molecular complexity index is 520. The predicted octanol–water partition coefficient (Wildman–Crippen LogP) is 2.92. The van der Waals surface area contributed by atoms with E-state index in [9.17, 15) is 9.59 Å². The van der Waals surface area contributed by atoms with Gasteiger partial charge >= 0.3 is 5.97 Å². The first-order chi connectivity index (χ1) is 11.7. The summed E-state index contributed by atoms with van der Waals surface area (Å²) in [6, 6.07) is 0. The van der Waals surface area contributed by atoms with Gasteiger partial charge in [-0.15, -0.1) is 5.92 Å². The number of hydrogen-bond donors (Lipinski definition) is 0. The lowest BCUT2D eigenvalue weighted by atomic mass is 10.1. The zero-order valence-corrected chi connectivity index (χ0v) is 14.3. The summed E-state index contributed by atoms with van der Waals surface area (Å²) in [4.78, 5) is 23.2. The summed E-state index contributed by atoms with van der Waals surface area (Å²) in [5.41, 5.74) is 0.730. The van der Waals surface area contributed by atoms with Gasteiger partial charge in [0.15, 0.2) is 12.1 Å². The Balaban J connectivity index is 1.68. The molecule has 1 aliphatic heterocycles. The molecule has 1 fully saturated rings. The molecule has 0 bridgehead atoms. The van der Waals surface area contributed by atoms with Crippen LogP contribution in [0.1, 0.15) is 58.3 Å². The monoisotopic (exact) mass is 334 g/mol. The minimum atomic E-state index is -0.182. The van der Waals surface area contributed by atoms with Gasteiger partial charge in [-0.2, -0.15) is 0 Å². The molecule has 0 spiro atoms. The summed E-state index contributed by atoms with van der Waals surface area (Å²) in [5, 5.41) is 0. The summed E-state index contributed by atoms with van der Waals surface area (Å²) in [6.07, 6.45) is 7.16. The maximum atomic E-state index is 12.0. The minimum Gasteiger partial charge on any atom is -0.466 e. The highest BCUT2D eigenvalue weighted by Gasteiger charge is 2.27. The van der Waals surface area contributed by atoms with E-state index in [0.717, 1.165) is 31.4 Å². The second-order valence-electron chi connectivity index (χ2n) is 5.98. The number of carbonyl (C=O) groups excluding carboxylic acids is 2. The smallest absolute Gasteiger partial charge is 0.305 e. The van der Waals surface area contributed by atoms with Gasteiger partial charge in [0.1, 0.15) is 0 Å². The number of unbranched alkanes of at least 4 members (excludes halogenated alkanes) is 1. The second-order valence-corrected chi connectivity index (χ2v) is 5.98. The van der Waals surface area contributed by atoms with Gasteiger partial charge < -0.3 is 14.2 Å². The molecule has 1 heterocycles. The lowest BCUT2D eigenvalue weighted by molar-refractivity contribution is -0.178. The number of esters is 1. The minimum absolute atomic E-state index is 0.108. The van der Waals surface area contributed by atoms with E-state index in [2.05, 4.69) is 11.8 Å². The third-order valence-corrected chi connectivity index (χ3v) is 3.99. The Kier molecular flexibility index (Phi) is 8.00. The average molecular weight is 334 g/mol. The molecule has 2 rings (SSSR count). The summed E-state index contributed by atoms with van der Waals surface area (Å²) in [6.45, 7) is 2.94. The molecule has 5 heteroatoms. The quantitative estimate of drug-likeness (QED) is 0.407. The van der Waals surface area contributed by atoms with E-state index < -0.39 is 0 Å². The lowest BCUT2D eigenvalue weighted by Crippen LogP contribution is -2.26. The van der Waals surface area contributed by atoms with E-state index in [-0.39, 0.29) is 24.1 Å². The molecule has 0 saturated carbocycles. The normalized spacial score (nSPS) is 23.4. The van der Waals surface area contributed by atoms with Crippen molar-refractivity contribution >= 4 is 11.8 Å². The third kappa shape index (κ3) is 6.46. The number of hydrogen-bond acceptors (Lipinski definition) is 5. The predicted molar refractivity (Wildman–Crippen MR) is 89.0 cm³/mol. The first-order valence-electron chi connectivity index (χ1n) is 8.81. The molecule has 0 amide bonds. The van der Waals surface area contributed by atoms with Crippen molar-refractivity contribution in [1.29, 1.82) is 0 Å². The molecule has 1 unspecified atom stereocenters. The van der Waals surface area contributed by atoms with E-state index in [4.69, 9.17) is 14.2 Å². The Hall–Kier alpha value is -1.64. The Morgan fingerprint density at radius 2 is 2.25 bits per heavy atom. The van der Waals surface area contributed by atoms with E-state index in [1.54, 1.807) is 6.92 Å². The number of Topliss-reactive ketones (excluding diaryl/α,β-unsaturated/α-hetero) is 1. The Labute approximate surface area is 143 Å². The first-order valence-corrected chi connectivity index (χ1v) is 8.81. The lowest BCUT2D eigenvalue weighted by Gasteiger charge is -2.24. The van der Waals surface area contributed by atoms with Crippen LogP contribution >= 0.6 is 0 Å². The van der Waals surface area contributed by atoms with Crippen LogP contribution in [0.5, 0.6) is 0 Å². The van der Waals surface area contributed by atoms with Crippen molar-refractivity contribution in [2.24, 2.45) is 0 Å². The molecule has 0 N–H and O–H groups in total. The van der Waals surface area contributed by atoms with Crippen molar-refractivity contribution in [3.8, 4) is 11.8 Å². The fourth-order valence-electron chi connectivity index (χ4n) is 2.75. The fourth-order valence-corrected chi connectivity index (χ4v) is 2.75. The van der Waals surface area contributed by atoms with Crippen LogP contribution in [0.3, 0.4) is 0 Å². The number of carbonyl (C=O) groups is 2. The van der Waals surface area contributed by atoms with Crippen LogP contribution < -0.4 is 0 Å². The zero-order chi connectivity index (χ0) is 17.2. The standard InChI is InChI=1S/C19H26O5/c1-2-22-18(21)10-6-4-3-5-9-15-13-16(14-17(15)20)24-19-11-7-8-12-23-19/h13,16,19H,2,4,6-12,14H2,1H3/t16-,19?/m0/s1. The molecule has 0 aromatic carbocycles. The number of allylic oxidation sites excluding steroid dienone is 1. The van der Waals surface area contributed by atoms with Crippen LogP contribution in [0, 0.1) is 11.8 Å². The van der Waals surface area contributed by atoms with Gasteiger partial charge in [0.2, 0.25) is 0 Å². The molecule has 0 radical (unpaired) electrons. The van der Waals surface area contributed by atoms with E-state index in [0.29, 0.717) is 38.7 Å². The van der Waals surface area contributed by atoms with Crippen molar-refractivity contribution in [3.05, 3.63) is 11.6 Å². The van der Waals surface area contributed by atoms with E-state index in [1.807, 2.05) is 6.08 Å².